The summed E-state index contributed by atoms with van der Waals surface area (Å²) in [5.41, 5.74) is 0.963. The van der Waals surface area contributed by atoms with Crippen LogP contribution >= 0.6 is 11.6 Å². The zero-order chi connectivity index (χ0) is 13.7. The second-order valence-corrected chi connectivity index (χ2v) is 5.76. The van der Waals surface area contributed by atoms with Gasteiger partial charge in [0, 0.05) is 18.1 Å². The molecule has 1 aliphatic rings. The van der Waals surface area contributed by atoms with Gasteiger partial charge in [-0.1, -0.05) is 36.7 Å². The summed E-state index contributed by atoms with van der Waals surface area (Å²) in [6.07, 6.45) is 2.47. The summed E-state index contributed by atoms with van der Waals surface area (Å²) in [6, 6.07) is 7.60. The van der Waals surface area contributed by atoms with Crippen LogP contribution in [0.25, 0.3) is 0 Å². The molecule has 104 valence electrons. The summed E-state index contributed by atoms with van der Waals surface area (Å²) in [5.74, 6) is 0.777. The van der Waals surface area contributed by atoms with E-state index in [1.165, 1.54) is 12.8 Å². The van der Waals surface area contributed by atoms with Crippen molar-refractivity contribution >= 4 is 17.5 Å². The Labute approximate surface area is 119 Å². The predicted molar refractivity (Wildman–Crippen MR) is 78.1 cm³/mol. The summed E-state index contributed by atoms with van der Waals surface area (Å²) >= 11 is 6.06. The fourth-order valence-corrected chi connectivity index (χ4v) is 2.73. The van der Waals surface area contributed by atoms with Crippen LogP contribution in [0.1, 0.15) is 25.3 Å². The van der Waals surface area contributed by atoms with Gasteiger partial charge in [-0.05, 0) is 36.9 Å². The molecule has 1 unspecified atom stereocenters. The van der Waals surface area contributed by atoms with E-state index >= 15 is 0 Å². The topological polar surface area (TPSA) is 32.3 Å². The molecule has 19 heavy (non-hydrogen) atoms. The number of halogens is 1. The van der Waals surface area contributed by atoms with Crippen molar-refractivity contribution in [2.75, 3.05) is 19.6 Å². The molecule has 0 radical (unpaired) electrons. The van der Waals surface area contributed by atoms with E-state index in [9.17, 15) is 4.79 Å². The first-order valence-electron chi connectivity index (χ1n) is 6.87. The lowest BCUT2D eigenvalue weighted by Gasteiger charge is -2.30. The normalized spacial score (nSPS) is 20.2. The number of nitrogens with one attached hydrogen (secondary N) is 1. The molecule has 1 aromatic rings. The van der Waals surface area contributed by atoms with Crippen LogP contribution in [0, 0.1) is 5.92 Å². The van der Waals surface area contributed by atoms with Gasteiger partial charge in [-0.15, -0.1) is 0 Å². The summed E-state index contributed by atoms with van der Waals surface area (Å²) in [4.78, 5) is 14.1. The zero-order valence-corrected chi connectivity index (χ0v) is 12.1. The lowest BCUT2D eigenvalue weighted by Crippen LogP contribution is -2.41. The van der Waals surface area contributed by atoms with Crippen molar-refractivity contribution in [2.24, 2.45) is 5.92 Å². The van der Waals surface area contributed by atoms with Crippen molar-refractivity contribution < 1.29 is 4.79 Å². The van der Waals surface area contributed by atoms with Crippen molar-refractivity contribution in [3.8, 4) is 0 Å². The minimum Gasteiger partial charge on any atom is -0.351 e. The van der Waals surface area contributed by atoms with Crippen molar-refractivity contribution in [1.29, 1.82) is 0 Å². The maximum absolute atomic E-state index is 11.9. The molecule has 0 bridgehead atoms. The molecule has 4 heteroatoms. The van der Waals surface area contributed by atoms with E-state index < -0.39 is 0 Å². The third-order valence-electron chi connectivity index (χ3n) is 3.54. The molecular weight excluding hydrogens is 260 g/mol. The van der Waals surface area contributed by atoms with Gasteiger partial charge in [-0.3, -0.25) is 9.69 Å². The molecule has 1 amide bonds. The average molecular weight is 281 g/mol. The van der Waals surface area contributed by atoms with E-state index in [2.05, 4.69) is 17.1 Å². The smallest absolute Gasteiger partial charge is 0.234 e. The Morgan fingerprint density at radius 2 is 2.26 bits per heavy atom. The molecule has 1 N–H and O–H groups in total. The lowest BCUT2D eigenvalue weighted by atomic mass is 10.0. The van der Waals surface area contributed by atoms with E-state index in [1.807, 2.05) is 24.3 Å². The SMILES string of the molecule is CC1CCCN(CC(=O)NCc2ccccc2Cl)C1. The molecule has 1 aliphatic heterocycles. The molecule has 1 fully saturated rings. The van der Waals surface area contributed by atoms with Gasteiger partial charge in [0.15, 0.2) is 0 Å². The Morgan fingerprint density at radius 1 is 1.47 bits per heavy atom. The van der Waals surface area contributed by atoms with Crippen molar-refractivity contribution in [3.63, 3.8) is 0 Å². The van der Waals surface area contributed by atoms with E-state index in [-0.39, 0.29) is 5.91 Å². The first-order chi connectivity index (χ1) is 9.15. The molecule has 0 spiro atoms. The number of amides is 1. The Morgan fingerprint density at radius 3 is 3.00 bits per heavy atom. The minimum atomic E-state index is 0.0778. The highest BCUT2D eigenvalue weighted by Crippen LogP contribution is 2.15. The summed E-state index contributed by atoms with van der Waals surface area (Å²) in [6.45, 7) is 5.30. The van der Waals surface area contributed by atoms with Crippen molar-refractivity contribution in [3.05, 3.63) is 34.9 Å². The molecule has 1 aromatic carbocycles. The zero-order valence-electron chi connectivity index (χ0n) is 11.4. The quantitative estimate of drug-likeness (QED) is 0.920. The second kappa shape index (κ2) is 6.92. The first kappa shape index (κ1) is 14.4. The van der Waals surface area contributed by atoms with Crippen LogP contribution in [0.5, 0.6) is 0 Å². The van der Waals surface area contributed by atoms with Gasteiger partial charge in [0.1, 0.15) is 0 Å². The molecule has 1 heterocycles. The fraction of sp³-hybridized carbons (Fsp3) is 0.533. The molecule has 1 atom stereocenters. The molecule has 3 nitrogen and oxygen atoms in total. The number of hydrogen-bond donors (Lipinski definition) is 1. The molecular formula is C15H21ClN2O. The van der Waals surface area contributed by atoms with Gasteiger partial charge in [-0.2, -0.15) is 0 Å². The van der Waals surface area contributed by atoms with Crippen LogP contribution in [0.4, 0.5) is 0 Å². The third kappa shape index (κ3) is 4.51. The summed E-state index contributed by atoms with van der Waals surface area (Å²) < 4.78 is 0. The predicted octanol–water partition coefficient (Wildman–Crippen LogP) is 2.69. The van der Waals surface area contributed by atoms with Crippen LogP contribution in [-0.4, -0.2) is 30.4 Å². The number of carbonyl (C=O) groups excluding carboxylic acids is 1. The van der Waals surface area contributed by atoms with Crippen LogP contribution in [0.2, 0.25) is 5.02 Å². The largest absolute Gasteiger partial charge is 0.351 e. The molecule has 1 saturated heterocycles. The first-order valence-corrected chi connectivity index (χ1v) is 7.25. The van der Waals surface area contributed by atoms with Crippen molar-refractivity contribution in [1.82, 2.24) is 10.2 Å². The molecule has 0 aromatic heterocycles. The lowest BCUT2D eigenvalue weighted by molar-refractivity contribution is -0.122. The fourth-order valence-electron chi connectivity index (χ4n) is 2.52. The van der Waals surface area contributed by atoms with Crippen LogP contribution < -0.4 is 5.32 Å². The highest BCUT2D eigenvalue weighted by Gasteiger charge is 2.18. The number of nitrogens with zero attached hydrogens (tertiary/aromatic N) is 1. The Hall–Kier alpha value is -1.06. The van der Waals surface area contributed by atoms with Crippen molar-refractivity contribution in [2.45, 2.75) is 26.3 Å². The summed E-state index contributed by atoms with van der Waals surface area (Å²) in [7, 11) is 0. The van der Waals surface area contributed by atoms with Crippen LogP contribution in [0.15, 0.2) is 24.3 Å². The number of benzene rings is 1. The standard InChI is InChI=1S/C15H21ClN2O/c1-12-5-4-8-18(10-12)11-15(19)17-9-13-6-2-3-7-14(13)16/h2-3,6-7,12H,4-5,8-11H2,1H3,(H,17,19). The number of likely N-dealkylation sites (tertiary alicyclic amines) is 1. The van der Waals surface area contributed by atoms with Gasteiger partial charge in [0.05, 0.1) is 6.54 Å². The maximum Gasteiger partial charge on any atom is 0.234 e. The second-order valence-electron chi connectivity index (χ2n) is 5.35. The number of hydrogen-bond acceptors (Lipinski definition) is 2. The summed E-state index contributed by atoms with van der Waals surface area (Å²) in [5, 5.41) is 3.64. The average Bonchev–Trinajstić information content (AvgIpc) is 2.38. The maximum atomic E-state index is 11.9. The molecule has 2 rings (SSSR count). The van der Waals surface area contributed by atoms with E-state index in [0.29, 0.717) is 24.0 Å². The van der Waals surface area contributed by atoms with Gasteiger partial charge in [0.2, 0.25) is 5.91 Å². The van der Waals surface area contributed by atoms with E-state index in [1.54, 1.807) is 0 Å². The number of rotatable bonds is 4. The van der Waals surface area contributed by atoms with Crippen LogP contribution in [-0.2, 0) is 11.3 Å². The van der Waals surface area contributed by atoms with E-state index in [0.717, 1.165) is 18.7 Å². The van der Waals surface area contributed by atoms with Gasteiger partial charge in [-0.25, -0.2) is 0 Å². The minimum absolute atomic E-state index is 0.0778. The molecule has 0 saturated carbocycles. The highest BCUT2D eigenvalue weighted by atomic mass is 35.5. The van der Waals surface area contributed by atoms with E-state index in [4.69, 9.17) is 11.6 Å². The number of carbonyl (C=O) groups is 1. The number of piperidine rings is 1. The third-order valence-corrected chi connectivity index (χ3v) is 3.91. The van der Waals surface area contributed by atoms with Gasteiger partial charge < -0.3 is 5.32 Å². The Kier molecular flexibility index (Phi) is 5.23. The Bertz CT molecular complexity index is 436. The van der Waals surface area contributed by atoms with Gasteiger partial charge in [0.25, 0.3) is 0 Å². The van der Waals surface area contributed by atoms with Gasteiger partial charge >= 0.3 is 0 Å². The molecule has 0 aliphatic carbocycles. The highest BCUT2D eigenvalue weighted by molar-refractivity contribution is 6.31. The Balaban J connectivity index is 1.77. The monoisotopic (exact) mass is 280 g/mol. The van der Waals surface area contributed by atoms with Crippen LogP contribution in [0.3, 0.4) is 0 Å².